The molecule has 0 fully saturated rings. The van der Waals surface area contributed by atoms with Gasteiger partial charge >= 0.3 is 6.03 Å². The van der Waals surface area contributed by atoms with Crippen LogP contribution >= 0.6 is 11.3 Å². The van der Waals surface area contributed by atoms with Crippen LogP contribution in [0.3, 0.4) is 0 Å². The topological polar surface area (TPSA) is 50.4 Å². The van der Waals surface area contributed by atoms with Crippen LogP contribution in [0.15, 0.2) is 36.4 Å². The van der Waals surface area contributed by atoms with Crippen LogP contribution in [0.5, 0.6) is 5.75 Å². The van der Waals surface area contributed by atoms with Gasteiger partial charge in [-0.15, -0.1) is 11.3 Å². The number of rotatable bonds is 4. The van der Waals surface area contributed by atoms with E-state index in [1.165, 1.54) is 10.4 Å². The van der Waals surface area contributed by atoms with Crippen LogP contribution in [0.25, 0.3) is 0 Å². The van der Waals surface area contributed by atoms with Gasteiger partial charge in [-0.2, -0.15) is 0 Å². The molecule has 5 heteroatoms. The van der Waals surface area contributed by atoms with Crippen molar-refractivity contribution >= 4 is 17.4 Å². The molecule has 0 bridgehead atoms. The van der Waals surface area contributed by atoms with E-state index in [2.05, 4.69) is 29.7 Å². The zero-order chi connectivity index (χ0) is 14.7. The number of hydrogen-bond donors (Lipinski definition) is 2. The summed E-state index contributed by atoms with van der Waals surface area (Å²) in [6.45, 7) is 3.14. The molecule has 2 N–H and O–H groups in total. The molecule has 1 atom stereocenters. The quantitative estimate of drug-likeness (QED) is 0.912. The molecule has 110 valence electrons. The normalized spacial score (nSPS) is 16.1. The minimum absolute atomic E-state index is 0.0251. The van der Waals surface area contributed by atoms with Gasteiger partial charge in [-0.05, 0) is 30.7 Å². The van der Waals surface area contributed by atoms with E-state index in [1.54, 1.807) is 11.3 Å². The van der Waals surface area contributed by atoms with Gasteiger partial charge in [0.2, 0.25) is 0 Å². The molecule has 1 aromatic carbocycles. The Morgan fingerprint density at radius 2 is 2.14 bits per heavy atom. The second-order valence-corrected chi connectivity index (χ2v) is 6.50. The van der Waals surface area contributed by atoms with Gasteiger partial charge in [-0.25, -0.2) is 4.79 Å². The van der Waals surface area contributed by atoms with Gasteiger partial charge in [-0.3, -0.25) is 0 Å². The summed E-state index contributed by atoms with van der Waals surface area (Å²) in [5.74, 6) is 0.929. The highest BCUT2D eigenvalue weighted by molar-refractivity contribution is 7.11. The first-order chi connectivity index (χ1) is 10.2. The van der Waals surface area contributed by atoms with Crippen molar-refractivity contribution in [2.45, 2.75) is 26.0 Å². The van der Waals surface area contributed by atoms with E-state index < -0.39 is 0 Å². The second kappa shape index (κ2) is 6.18. The lowest BCUT2D eigenvalue weighted by Gasteiger charge is -2.12. The number of benzene rings is 1. The lowest BCUT2D eigenvalue weighted by molar-refractivity contribution is 0.214. The molecule has 1 aliphatic rings. The van der Waals surface area contributed by atoms with Gasteiger partial charge in [0.05, 0.1) is 13.1 Å². The Bertz CT molecular complexity index is 614. The fraction of sp³-hybridized carbons (Fsp3) is 0.312. The first-order valence-corrected chi connectivity index (χ1v) is 7.84. The van der Waals surface area contributed by atoms with E-state index in [-0.39, 0.29) is 12.1 Å². The fourth-order valence-electron chi connectivity index (χ4n) is 2.38. The van der Waals surface area contributed by atoms with Crippen LogP contribution in [-0.2, 0) is 13.0 Å². The molecular weight excluding hydrogens is 284 g/mol. The van der Waals surface area contributed by atoms with Crippen molar-refractivity contribution < 1.29 is 9.53 Å². The minimum Gasteiger partial charge on any atom is -0.488 e. The van der Waals surface area contributed by atoms with Crippen LogP contribution in [0.2, 0.25) is 0 Å². The van der Waals surface area contributed by atoms with Crippen molar-refractivity contribution in [3.8, 4) is 5.75 Å². The predicted octanol–water partition coefficient (Wildman–Crippen LogP) is 2.86. The van der Waals surface area contributed by atoms with Crippen molar-refractivity contribution in [1.29, 1.82) is 0 Å². The third-order valence-electron chi connectivity index (χ3n) is 3.42. The molecule has 1 aliphatic heterocycles. The third-order valence-corrected chi connectivity index (χ3v) is 4.42. The first kappa shape index (κ1) is 13.9. The molecular formula is C16H18N2O2S. The first-order valence-electron chi connectivity index (χ1n) is 7.02. The monoisotopic (exact) mass is 302 g/mol. The van der Waals surface area contributed by atoms with Crippen LogP contribution < -0.4 is 15.4 Å². The molecule has 0 unspecified atom stereocenters. The number of nitrogens with one attached hydrogen (secondary N) is 2. The molecule has 0 spiro atoms. The Balaban J connectivity index is 1.41. The van der Waals surface area contributed by atoms with Crippen molar-refractivity contribution in [2.75, 3.05) is 6.54 Å². The largest absolute Gasteiger partial charge is 0.488 e. The number of ether oxygens (including phenoxy) is 1. The predicted molar refractivity (Wildman–Crippen MR) is 83.9 cm³/mol. The molecule has 0 saturated heterocycles. The second-order valence-electron chi connectivity index (χ2n) is 5.13. The summed E-state index contributed by atoms with van der Waals surface area (Å²) in [7, 11) is 0. The van der Waals surface area contributed by atoms with Gasteiger partial charge in [0.25, 0.3) is 0 Å². The highest BCUT2D eigenvalue weighted by atomic mass is 32.1. The lowest BCUT2D eigenvalue weighted by atomic mass is 10.1. The maximum absolute atomic E-state index is 11.8. The number of carbonyl (C=O) groups excluding carboxylic acids is 1. The lowest BCUT2D eigenvalue weighted by Crippen LogP contribution is -2.40. The Kier molecular flexibility index (Phi) is 4.10. The Morgan fingerprint density at radius 3 is 2.90 bits per heavy atom. The van der Waals surface area contributed by atoms with Crippen molar-refractivity contribution in [3.63, 3.8) is 0 Å². The third kappa shape index (κ3) is 3.55. The molecule has 0 saturated carbocycles. The molecule has 0 radical (unpaired) electrons. The maximum atomic E-state index is 11.8. The van der Waals surface area contributed by atoms with Gasteiger partial charge < -0.3 is 15.4 Å². The van der Waals surface area contributed by atoms with E-state index >= 15 is 0 Å². The van der Waals surface area contributed by atoms with E-state index in [9.17, 15) is 4.79 Å². The Morgan fingerprint density at radius 1 is 1.29 bits per heavy atom. The molecule has 2 aromatic rings. The summed E-state index contributed by atoms with van der Waals surface area (Å²) in [6.07, 6.45) is 0.873. The summed E-state index contributed by atoms with van der Waals surface area (Å²) in [4.78, 5) is 14.2. The number of hydrogen-bond acceptors (Lipinski definition) is 3. The van der Waals surface area contributed by atoms with Crippen molar-refractivity contribution in [2.24, 2.45) is 0 Å². The van der Waals surface area contributed by atoms with Gasteiger partial charge in [0, 0.05) is 16.2 Å². The number of carbonyl (C=O) groups is 1. The van der Waals surface area contributed by atoms with Crippen LogP contribution in [-0.4, -0.2) is 18.7 Å². The number of para-hydroxylation sites is 1. The summed E-state index contributed by atoms with van der Waals surface area (Å²) >= 11 is 1.70. The van der Waals surface area contributed by atoms with E-state index in [0.717, 1.165) is 17.0 Å². The van der Waals surface area contributed by atoms with E-state index in [4.69, 9.17) is 4.74 Å². The van der Waals surface area contributed by atoms with Crippen molar-refractivity contribution in [1.82, 2.24) is 10.6 Å². The maximum Gasteiger partial charge on any atom is 0.315 e. The van der Waals surface area contributed by atoms with Crippen LogP contribution in [0.4, 0.5) is 4.79 Å². The van der Waals surface area contributed by atoms with Gasteiger partial charge in [0.15, 0.2) is 0 Å². The number of urea groups is 1. The van der Waals surface area contributed by atoms with E-state index in [0.29, 0.717) is 13.1 Å². The number of thiophene rings is 1. The number of fused-ring (bicyclic) bond motifs is 1. The van der Waals surface area contributed by atoms with E-state index in [1.807, 2.05) is 24.3 Å². The highest BCUT2D eigenvalue weighted by Crippen LogP contribution is 2.27. The standard InChI is InChI=1S/C16H18N2O2S/c1-11-6-7-14(21-11)10-18-16(19)17-9-13-8-12-4-2-3-5-15(12)20-13/h2-7,13H,8-10H2,1H3,(H2,17,18,19)/t13-/m0/s1. The molecule has 0 aliphatic carbocycles. The average molecular weight is 302 g/mol. The van der Waals surface area contributed by atoms with Gasteiger partial charge in [0.1, 0.15) is 11.9 Å². The molecule has 4 nitrogen and oxygen atoms in total. The number of aryl methyl sites for hydroxylation is 1. The molecule has 2 heterocycles. The minimum atomic E-state index is -0.152. The molecule has 2 amide bonds. The summed E-state index contributed by atoms with van der Waals surface area (Å²) in [6, 6.07) is 11.9. The smallest absolute Gasteiger partial charge is 0.315 e. The SMILES string of the molecule is Cc1ccc(CNC(=O)NC[C@@H]2Cc3ccccc3O2)s1. The van der Waals surface area contributed by atoms with Gasteiger partial charge in [-0.1, -0.05) is 18.2 Å². The average Bonchev–Trinajstić information content (AvgIpc) is 3.08. The highest BCUT2D eigenvalue weighted by Gasteiger charge is 2.22. The van der Waals surface area contributed by atoms with Crippen LogP contribution in [0, 0.1) is 6.92 Å². The zero-order valence-electron chi connectivity index (χ0n) is 11.9. The zero-order valence-corrected chi connectivity index (χ0v) is 12.7. The van der Waals surface area contributed by atoms with Crippen LogP contribution in [0.1, 0.15) is 15.3 Å². The Hall–Kier alpha value is -2.01. The fourth-order valence-corrected chi connectivity index (χ4v) is 3.21. The summed E-state index contributed by atoms with van der Waals surface area (Å²) in [5.41, 5.74) is 1.21. The Labute approximate surface area is 128 Å². The molecule has 3 rings (SSSR count). The number of amides is 2. The molecule has 21 heavy (non-hydrogen) atoms. The summed E-state index contributed by atoms with van der Waals surface area (Å²) < 4.78 is 5.78. The van der Waals surface area contributed by atoms with Crippen molar-refractivity contribution in [3.05, 3.63) is 51.7 Å². The summed E-state index contributed by atoms with van der Waals surface area (Å²) in [5, 5.41) is 5.73. The molecule has 1 aromatic heterocycles.